The molecule has 7 heteroatoms. The number of ether oxygens (including phenoxy) is 1. The summed E-state index contributed by atoms with van der Waals surface area (Å²) in [4.78, 5) is 37.0. The molecule has 0 saturated carbocycles. The van der Waals surface area contributed by atoms with E-state index in [9.17, 15) is 14.4 Å². The second kappa shape index (κ2) is 8.85. The van der Waals surface area contributed by atoms with Crippen molar-refractivity contribution in [1.29, 1.82) is 0 Å². The van der Waals surface area contributed by atoms with E-state index in [0.29, 0.717) is 17.8 Å². The topological polar surface area (TPSA) is 75.7 Å². The Morgan fingerprint density at radius 1 is 1.08 bits per heavy atom. The minimum absolute atomic E-state index is 0.308. The van der Waals surface area contributed by atoms with Gasteiger partial charge in [0.2, 0.25) is 13.8 Å². The molecule has 2 aromatic rings. The normalized spacial score (nSPS) is 11.3. The van der Waals surface area contributed by atoms with Gasteiger partial charge in [0.1, 0.15) is 6.04 Å². The minimum atomic E-state index is -0.795. The fourth-order valence-electron chi connectivity index (χ4n) is 2.47. The van der Waals surface area contributed by atoms with Crippen LogP contribution in [0.4, 0.5) is 10.5 Å². The predicted molar refractivity (Wildman–Crippen MR) is 99.2 cm³/mol. The average Bonchev–Trinajstić information content (AvgIpc) is 2.65. The van der Waals surface area contributed by atoms with Crippen LogP contribution in [-0.2, 0) is 16.1 Å². The molecule has 0 heterocycles. The van der Waals surface area contributed by atoms with Crippen LogP contribution in [0.2, 0.25) is 0 Å². The Morgan fingerprint density at radius 3 is 2.23 bits per heavy atom. The molecule has 0 aromatic heterocycles. The molecule has 0 bridgehead atoms. The maximum absolute atomic E-state index is 12.8. The van der Waals surface area contributed by atoms with Crippen molar-refractivity contribution in [3.05, 3.63) is 65.7 Å². The summed E-state index contributed by atoms with van der Waals surface area (Å²) in [6.07, 6.45) is 0. The number of nitrogens with one attached hydrogen (secondary N) is 1. The summed E-state index contributed by atoms with van der Waals surface area (Å²) in [5.74, 6) is -1.55. The summed E-state index contributed by atoms with van der Waals surface area (Å²) in [7, 11) is 6.42. The number of carbonyl (C=O) groups is 3. The first-order chi connectivity index (χ1) is 12.4. The highest BCUT2D eigenvalue weighted by molar-refractivity contribution is 6.57. The van der Waals surface area contributed by atoms with Crippen molar-refractivity contribution in [3.63, 3.8) is 0 Å². The van der Waals surface area contributed by atoms with Gasteiger partial charge in [-0.3, -0.25) is 9.59 Å². The van der Waals surface area contributed by atoms with Crippen LogP contribution < -0.4 is 10.2 Å². The SMILES string of the molecule is [B]C(=O)N[C@@H](C)C(=O)N(Cc1ccccc1)c1ccc(C(=O)OC)cc1. The van der Waals surface area contributed by atoms with E-state index < -0.39 is 17.8 Å². The van der Waals surface area contributed by atoms with E-state index in [1.54, 1.807) is 31.2 Å². The molecule has 2 amide bonds. The lowest BCUT2D eigenvalue weighted by Crippen LogP contribution is -2.46. The maximum Gasteiger partial charge on any atom is 0.337 e. The van der Waals surface area contributed by atoms with Crippen molar-refractivity contribution >= 4 is 31.2 Å². The van der Waals surface area contributed by atoms with Gasteiger partial charge in [-0.2, -0.15) is 0 Å². The first kappa shape index (κ1) is 19.2. The Balaban J connectivity index is 2.31. The zero-order valence-corrected chi connectivity index (χ0v) is 14.6. The Kier molecular flexibility index (Phi) is 6.55. The monoisotopic (exact) mass is 350 g/mol. The van der Waals surface area contributed by atoms with Crippen LogP contribution in [0.15, 0.2) is 54.6 Å². The van der Waals surface area contributed by atoms with E-state index >= 15 is 0 Å². The summed E-state index contributed by atoms with van der Waals surface area (Å²) in [6, 6.07) is 15.1. The highest BCUT2D eigenvalue weighted by atomic mass is 16.5. The highest BCUT2D eigenvalue weighted by Gasteiger charge is 2.23. The quantitative estimate of drug-likeness (QED) is 0.641. The summed E-state index contributed by atoms with van der Waals surface area (Å²) in [5.41, 5.74) is 1.89. The van der Waals surface area contributed by atoms with Crippen LogP contribution in [-0.4, -0.2) is 38.7 Å². The average molecular weight is 350 g/mol. The van der Waals surface area contributed by atoms with Gasteiger partial charge >= 0.3 is 5.97 Å². The fourth-order valence-corrected chi connectivity index (χ4v) is 2.47. The second-order valence-electron chi connectivity index (χ2n) is 5.68. The van der Waals surface area contributed by atoms with Gasteiger partial charge in [0.05, 0.1) is 19.2 Å². The van der Waals surface area contributed by atoms with Crippen molar-refractivity contribution in [2.75, 3.05) is 12.0 Å². The molecule has 1 atom stereocenters. The van der Waals surface area contributed by atoms with Crippen LogP contribution in [0.3, 0.4) is 0 Å². The summed E-state index contributed by atoms with van der Waals surface area (Å²) >= 11 is 0. The smallest absolute Gasteiger partial charge is 0.337 e. The van der Waals surface area contributed by atoms with E-state index in [0.717, 1.165) is 5.56 Å². The lowest BCUT2D eigenvalue weighted by molar-refractivity contribution is -0.120. The molecule has 0 aliphatic heterocycles. The number of hydrogen-bond donors (Lipinski definition) is 1. The van der Waals surface area contributed by atoms with E-state index in [2.05, 4.69) is 10.1 Å². The molecular formula is C19H19BN2O4. The van der Waals surface area contributed by atoms with Gasteiger partial charge in [-0.05, 0) is 36.8 Å². The third kappa shape index (κ3) is 4.96. The number of nitrogens with zero attached hydrogens (tertiary/aromatic N) is 1. The molecule has 132 valence electrons. The third-order valence-electron chi connectivity index (χ3n) is 3.78. The molecule has 0 aliphatic rings. The molecule has 0 unspecified atom stereocenters. The number of amides is 2. The van der Waals surface area contributed by atoms with Gasteiger partial charge in [-0.25, -0.2) is 4.79 Å². The minimum Gasteiger partial charge on any atom is -0.465 e. The lowest BCUT2D eigenvalue weighted by atomic mass is 10.1. The number of hydrogen-bond acceptors (Lipinski definition) is 4. The summed E-state index contributed by atoms with van der Waals surface area (Å²) in [5, 5.41) is 2.39. The number of rotatable bonds is 6. The molecule has 2 aromatic carbocycles. The van der Waals surface area contributed by atoms with Gasteiger partial charge < -0.3 is 15.0 Å². The second-order valence-corrected chi connectivity index (χ2v) is 5.68. The summed E-state index contributed by atoms with van der Waals surface area (Å²) < 4.78 is 4.68. The molecule has 0 aliphatic carbocycles. The van der Waals surface area contributed by atoms with Crippen LogP contribution in [0.1, 0.15) is 22.8 Å². The van der Waals surface area contributed by atoms with Gasteiger partial charge in [0, 0.05) is 5.69 Å². The lowest BCUT2D eigenvalue weighted by Gasteiger charge is -2.26. The molecule has 6 nitrogen and oxygen atoms in total. The van der Waals surface area contributed by atoms with Crippen molar-refractivity contribution in [1.82, 2.24) is 5.32 Å². The van der Waals surface area contributed by atoms with Gasteiger partial charge in [-0.15, -0.1) is 0 Å². The fraction of sp³-hybridized carbons (Fsp3) is 0.211. The number of carbonyl (C=O) groups excluding carboxylic acids is 3. The van der Waals surface area contributed by atoms with E-state index in [1.807, 2.05) is 30.3 Å². The largest absolute Gasteiger partial charge is 0.465 e. The number of methoxy groups -OCH3 is 1. The molecule has 0 saturated heterocycles. The highest BCUT2D eigenvalue weighted by Crippen LogP contribution is 2.20. The number of anilines is 1. The predicted octanol–water partition coefficient (Wildman–Crippen LogP) is 2.27. The Bertz CT molecular complexity index is 778. The zero-order chi connectivity index (χ0) is 19.1. The standard InChI is InChI=1S/C19H19BN2O4/c1-13(21-19(20)25)17(23)22(12-14-6-4-3-5-7-14)16-10-8-15(9-11-16)18(24)26-2/h3-11,13H,12H2,1-2H3,(H,21,25)/t13-/m0/s1. The zero-order valence-electron chi connectivity index (χ0n) is 14.6. The van der Waals surface area contributed by atoms with Gasteiger partial charge in [0.25, 0.3) is 0 Å². The molecular weight excluding hydrogens is 331 g/mol. The summed E-state index contributed by atoms with van der Waals surface area (Å²) in [6.45, 7) is 1.87. The van der Waals surface area contributed by atoms with E-state index in [1.165, 1.54) is 12.0 Å². The molecule has 2 radical (unpaired) electrons. The Morgan fingerprint density at radius 2 is 1.69 bits per heavy atom. The number of esters is 1. The van der Waals surface area contributed by atoms with Crippen LogP contribution in [0, 0.1) is 0 Å². The van der Waals surface area contributed by atoms with E-state index in [-0.39, 0.29) is 5.91 Å². The van der Waals surface area contributed by atoms with Crippen molar-refractivity contribution in [2.24, 2.45) is 0 Å². The van der Waals surface area contributed by atoms with Crippen molar-refractivity contribution in [3.8, 4) is 0 Å². The number of benzene rings is 2. The molecule has 0 fully saturated rings. The molecule has 26 heavy (non-hydrogen) atoms. The Hall–Kier alpha value is -3.09. The molecule has 1 N–H and O–H groups in total. The Labute approximate surface area is 153 Å². The maximum atomic E-state index is 12.8. The first-order valence-electron chi connectivity index (χ1n) is 8.02. The van der Waals surface area contributed by atoms with Crippen LogP contribution >= 0.6 is 0 Å². The van der Waals surface area contributed by atoms with Crippen LogP contribution in [0.5, 0.6) is 0 Å². The van der Waals surface area contributed by atoms with Gasteiger partial charge in [-0.1, -0.05) is 30.3 Å². The van der Waals surface area contributed by atoms with Crippen LogP contribution in [0.25, 0.3) is 0 Å². The van der Waals surface area contributed by atoms with Crippen molar-refractivity contribution in [2.45, 2.75) is 19.5 Å². The molecule has 0 spiro atoms. The third-order valence-corrected chi connectivity index (χ3v) is 3.78. The van der Waals surface area contributed by atoms with E-state index in [4.69, 9.17) is 7.85 Å². The van der Waals surface area contributed by atoms with Gasteiger partial charge in [0.15, 0.2) is 5.81 Å². The molecule has 2 rings (SSSR count). The first-order valence-corrected chi connectivity index (χ1v) is 8.02. The van der Waals surface area contributed by atoms with Crippen molar-refractivity contribution < 1.29 is 19.1 Å².